The molecular formula is C14H14BrClFN3. The summed E-state index contributed by atoms with van der Waals surface area (Å²) in [5, 5.41) is 3.46. The van der Waals surface area contributed by atoms with Gasteiger partial charge in [0, 0.05) is 29.1 Å². The minimum atomic E-state index is -0.255. The van der Waals surface area contributed by atoms with Crippen LogP contribution in [-0.2, 0) is 13.0 Å². The van der Waals surface area contributed by atoms with Gasteiger partial charge in [-0.05, 0) is 24.6 Å². The normalized spacial score (nSPS) is 10.6. The van der Waals surface area contributed by atoms with Crippen LogP contribution in [0.3, 0.4) is 0 Å². The Morgan fingerprint density at radius 2 is 2.10 bits per heavy atom. The van der Waals surface area contributed by atoms with Gasteiger partial charge in [0.05, 0.1) is 0 Å². The minimum absolute atomic E-state index is 0.255. The number of rotatable bonds is 5. The van der Waals surface area contributed by atoms with Gasteiger partial charge in [-0.3, -0.25) is 0 Å². The Hall–Kier alpha value is -1.20. The number of nitrogens with zero attached hydrogens (tertiary/aromatic N) is 2. The van der Waals surface area contributed by atoms with Gasteiger partial charge in [0.25, 0.3) is 0 Å². The molecule has 0 fully saturated rings. The second kappa shape index (κ2) is 6.99. The maximum Gasteiger partial charge on any atom is 0.134 e. The molecule has 1 heterocycles. The van der Waals surface area contributed by atoms with E-state index in [1.807, 2.05) is 6.92 Å². The zero-order valence-corrected chi connectivity index (χ0v) is 13.3. The third kappa shape index (κ3) is 4.15. The van der Waals surface area contributed by atoms with Crippen molar-refractivity contribution in [3.63, 3.8) is 0 Å². The molecule has 0 unspecified atom stereocenters. The molecule has 0 bridgehead atoms. The molecule has 0 radical (unpaired) electrons. The van der Waals surface area contributed by atoms with E-state index < -0.39 is 0 Å². The van der Waals surface area contributed by atoms with Crippen LogP contribution in [0.25, 0.3) is 0 Å². The number of aryl methyl sites for hydroxylation is 1. The molecule has 0 spiro atoms. The first-order chi connectivity index (χ1) is 9.58. The zero-order valence-electron chi connectivity index (χ0n) is 11.0. The smallest absolute Gasteiger partial charge is 0.134 e. The predicted octanol–water partition coefficient (Wildman–Crippen LogP) is 4.60. The van der Waals surface area contributed by atoms with Crippen LogP contribution >= 0.6 is 27.5 Å². The Balaban J connectivity index is 2.12. The fourth-order valence-electron chi connectivity index (χ4n) is 1.76. The van der Waals surface area contributed by atoms with Crippen LogP contribution in [0.4, 0.5) is 10.2 Å². The summed E-state index contributed by atoms with van der Waals surface area (Å²) in [5.74, 6) is 1.04. The van der Waals surface area contributed by atoms with E-state index in [-0.39, 0.29) is 5.82 Å². The summed E-state index contributed by atoms with van der Waals surface area (Å²) in [6, 6.07) is 6.46. The maximum atomic E-state index is 13.6. The number of halogens is 3. The van der Waals surface area contributed by atoms with Gasteiger partial charge in [-0.25, -0.2) is 14.4 Å². The molecule has 106 valence electrons. The molecule has 1 aromatic heterocycles. The largest absolute Gasteiger partial charge is 0.366 e. The van der Waals surface area contributed by atoms with E-state index in [9.17, 15) is 4.39 Å². The van der Waals surface area contributed by atoms with Gasteiger partial charge in [-0.15, -0.1) is 0 Å². The van der Waals surface area contributed by atoms with Gasteiger partial charge in [0.1, 0.15) is 22.6 Å². The van der Waals surface area contributed by atoms with Crippen LogP contribution in [0, 0.1) is 5.82 Å². The van der Waals surface area contributed by atoms with Crippen molar-refractivity contribution in [2.45, 2.75) is 26.3 Å². The molecule has 1 N–H and O–H groups in total. The quantitative estimate of drug-likeness (QED) is 0.794. The Morgan fingerprint density at radius 1 is 1.30 bits per heavy atom. The topological polar surface area (TPSA) is 37.8 Å². The summed E-state index contributed by atoms with van der Waals surface area (Å²) in [4.78, 5) is 8.49. The van der Waals surface area contributed by atoms with Crippen LogP contribution < -0.4 is 5.32 Å². The first kappa shape index (κ1) is 15.2. The second-order valence-electron chi connectivity index (χ2n) is 4.33. The fourth-order valence-corrected chi connectivity index (χ4v) is 2.36. The Kier molecular flexibility index (Phi) is 5.31. The van der Waals surface area contributed by atoms with Gasteiger partial charge >= 0.3 is 0 Å². The number of nitrogens with one attached hydrogen (secondary N) is 1. The molecule has 0 aliphatic heterocycles. The summed E-state index contributed by atoms with van der Waals surface area (Å²) in [6.07, 6.45) is 1.71. The lowest BCUT2D eigenvalue weighted by Gasteiger charge is -2.09. The molecule has 0 aliphatic carbocycles. The number of hydrogen-bond acceptors (Lipinski definition) is 3. The Bertz CT molecular complexity index is 607. The first-order valence-electron chi connectivity index (χ1n) is 6.29. The van der Waals surface area contributed by atoms with E-state index in [2.05, 4.69) is 31.2 Å². The highest BCUT2D eigenvalue weighted by molar-refractivity contribution is 9.10. The molecule has 0 aliphatic rings. The standard InChI is InChI=1S/C14H14BrClFN3/c1-2-3-13-19-12(16)7-14(20-13)18-8-9-6-10(15)4-5-11(9)17/h4-7H,2-3,8H2,1H3,(H,18,19,20). The first-order valence-corrected chi connectivity index (χ1v) is 7.47. The highest BCUT2D eigenvalue weighted by Gasteiger charge is 2.06. The van der Waals surface area contributed by atoms with Crippen LogP contribution in [-0.4, -0.2) is 9.97 Å². The monoisotopic (exact) mass is 357 g/mol. The Labute approximate surface area is 130 Å². The van der Waals surface area contributed by atoms with E-state index in [4.69, 9.17) is 11.6 Å². The van der Waals surface area contributed by atoms with Gasteiger partial charge in [-0.1, -0.05) is 34.5 Å². The van der Waals surface area contributed by atoms with Crippen LogP contribution in [0.15, 0.2) is 28.7 Å². The van der Waals surface area contributed by atoms with Crippen molar-refractivity contribution in [1.29, 1.82) is 0 Å². The predicted molar refractivity (Wildman–Crippen MR) is 82.5 cm³/mol. The summed E-state index contributed by atoms with van der Waals surface area (Å²) in [6.45, 7) is 2.39. The summed E-state index contributed by atoms with van der Waals surface area (Å²) >= 11 is 9.28. The average Bonchev–Trinajstić information content (AvgIpc) is 2.40. The molecule has 2 aromatic rings. The van der Waals surface area contributed by atoms with Gasteiger partial charge in [-0.2, -0.15) is 0 Å². The van der Waals surface area contributed by atoms with Gasteiger partial charge in [0.2, 0.25) is 0 Å². The second-order valence-corrected chi connectivity index (χ2v) is 5.63. The van der Waals surface area contributed by atoms with E-state index in [0.29, 0.717) is 28.9 Å². The summed E-state index contributed by atoms with van der Waals surface area (Å²) < 4.78 is 14.5. The highest BCUT2D eigenvalue weighted by atomic mass is 79.9. The van der Waals surface area contributed by atoms with Crippen molar-refractivity contribution in [2.75, 3.05) is 5.32 Å². The SMILES string of the molecule is CCCc1nc(Cl)cc(NCc2cc(Br)ccc2F)n1. The van der Waals surface area contributed by atoms with Crippen molar-refractivity contribution >= 4 is 33.3 Å². The highest BCUT2D eigenvalue weighted by Crippen LogP contribution is 2.18. The molecule has 2 rings (SSSR count). The lowest BCUT2D eigenvalue weighted by Crippen LogP contribution is -2.06. The average molecular weight is 359 g/mol. The number of aromatic nitrogens is 2. The molecule has 0 amide bonds. The van der Waals surface area contributed by atoms with E-state index in [0.717, 1.165) is 17.3 Å². The number of benzene rings is 1. The summed E-state index contributed by atoms with van der Waals surface area (Å²) in [7, 11) is 0. The third-order valence-corrected chi connectivity index (χ3v) is 3.37. The van der Waals surface area contributed by atoms with Crippen molar-refractivity contribution in [3.8, 4) is 0 Å². The molecule has 0 saturated carbocycles. The van der Waals surface area contributed by atoms with Crippen molar-refractivity contribution < 1.29 is 4.39 Å². The Morgan fingerprint density at radius 3 is 2.85 bits per heavy atom. The van der Waals surface area contributed by atoms with Crippen molar-refractivity contribution in [3.05, 3.63) is 51.1 Å². The number of hydrogen-bond donors (Lipinski definition) is 1. The van der Waals surface area contributed by atoms with E-state index >= 15 is 0 Å². The zero-order chi connectivity index (χ0) is 14.5. The molecule has 6 heteroatoms. The molecule has 3 nitrogen and oxygen atoms in total. The molecule has 1 aromatic carbocycles. The van der Waals surface area contributed by atoms with E-state index in [1.54, 1.807) is 18.2 Å². The maximum absolute atomic E-state index is 13.6. The molecule has 0 saturated heterocycles. The van der Waals surface area contributed by atoms with Crippen molar-refractivity contribution in [1.82, 2.24) is 9.97 Å². The van der Waals surface area contributed by atoms with Gasteiger partial charge < -0.3 is 5.32 Å². The molecule has 20 heavy (non-hydrogen) atoms. The lowest BCUT2D eigenvalue weighted by molar-refractivity contribution is 0.612. The lowest BCUT2D eigenvalue weighted by atomic mass is 10.2. The van der Waals surface area contributed by atoms with Crippen LogP contribution in [0.5, 0.6) is 0 Å². The van der Waals surface area contributed by atoms with Crippen molar-refractivity contribution in [2.24, 2.45) is 0 Å². The third-order valence-electron chi connectivity index (χ3n) is 2.68. The van der Waals surface area contributed by atoms with Crippen LogP contribution in [0.1, 0.15) is 24.7 Å². The molecule has 0 atom stereocenters. The van der Waals surface area contributed by atoms with Crippen LogP contribution in [0.2, 0.25) is 5.15 Å². The molecular weight excluding hydrogens is 345 g/mol. The minimum Gasteiger partial charge on any atom is -0.366 e. The number of anilines is 1. The van der Waals surface area contributed by atoms with Gasteiger partial charge in [0.15, 0.2) is 0 Å². The van der Waals surface area contributed by atoms with E-state index in [1.165, 1.54) is 6.07 Å². The summed E-state index contributed by atoms with van der Waals surface area (Å²) in [5.41, 5.74) is 0.561. The fraction of sp³-hybridized carbons (Fsp3) is 0.286.